The summed E-state index contributed by atoms with van der Waals surface area (Å²) in [5.74, 6) is 1.64. The highest BCUT2D eigenvalue weighted by molar-refractivity contribution is 14.0. The second-order valence-corrected chi connectivity index (χ2v) is 8.52. The average Bonchev–Trinajstić information content (AvgIpc) is 2.69. The van der Waals surface area contributed by atoms with Crippen molar-refractivity contribution in [2.45, 2.75) is 26.7 Å². The molecular weight excluding hydrogens is 491 g/mol. The van der Waals surface area contributed by atoms with Crippen LogP contribution < -0.4 is 15.5 Å². The number of rotatable bonds is 9. The zero-order chi connectivity index (χ0) is 19.5. The molecule has 10 heteroatoms. The molecule has 1 aliphatic heterocycles. The van der Waals surface area contributed by atoms with Crippen LogP contribution in [0.5, 0.6) is 0 Å². The molecule has 0 unspecified atom stereocenters. The van der Waals surface area contributed by atoms with Crippen LogP contribution >= 0.6 is 24.0 Å². The highest BCUT2D eigenvalue weighted by atomic mass is 127. The lowest BCUT2D eigenvalue weighted by molar-refractivity contribution is 0.384. The summed E-state index contributed by atoms with van der Waals surface area (Å²) >= 11 is 0. The van der Waals surface area contributed by atoms with Gasteiger partial charge in [0.15, 0.2) is 5.96 Å². The smallest absolute Gasteiger partial charge is 0.215 e. The molecule has 1 aromatic rings. The number of piperazine rings is 1. The summed E-state index contributed by atoms with van der Waals surface area (Å²) in [5.41, 5.74) is 0. The molecule has 0 aromatic carbocycles. The van der Waals surface area contributed by atoms with E-state index in [4.69, 9.17) is 0 Å². The van der Waals surface area contributed by atoms with E-state index in [-0.39, 0.29) is 29.7 Å². The molecule has 2 N–H and O–H groups in total. The molecule has 1 fully saturated rings. The number of halogens is 1. The number of unbranched alkanes of at least 4 members (excludes halogenated alkanes) is 1. The van der Waals surface area contributed by atoms with Crippen molar-refractivity contribution in [3.8, 4) is 0 Å². The van der Waals surface area contributed by atoms with Gasteiger partial charge in [0, 0.05) is 52.0 Å². The first-order valence-electron chi connectivity index (χ1n) is 9.72. The van der Waals surface area contributed by atoms with Crippen LogP contribution in [-0.2, 0) is 10.0 Å². The van der Waals surface area contributed by atoms with Gasteiger partial charge in [0.05, 0.1) is 5.75 Å². The van der Waals surface area contributed by atoms with Crippen LogP contribution in [0.3, 0.4) is 0 Å². The van der Waals surface area contributed by atoms with Gasteiger partial charge in [0.1, 0.15) is 5.82 Å². The van der Waals surface area contributed by atoms with Crippen molar-refractivity contribution < 1.29 is 8.42 Å². The molecule has 0 amide bonds. The molecule has 1 aromatic heterocycles. The van der Waals surface area contributed by atoms with E-state index in [2.05, 4.69) is 32.4 Å². The number of aliphatic imine (C=N–C) groups is 1. The van der Waals surface area contributed by atoms with Crippen LogP contribution in [0.15, 0.2) is 29.4 Å². The summed E-state index contributed by atoms with van der Waals surface area (Å²) < 4.78 is 26.8. The largest absolute Gasteiger partial charge is 0.357 e. The molecule has 8 nitrogen and oxygen atoms in total. The Balaban J connectivity index is 0.00000392. The lowest BCUT2D eigenvalue weighted by Crippen LogP contribution is -2.50. The molecule has 2 rings (SSSR count). The first kappa shape index (κ1) is 24.9. The maximum atomic E-state index is 12.6. The molecule has 0 spiro atoms. The van der Waals surface area contributed by atoms with Gasteiger partial charge in [0.2, 0.25) is 10.0 Å². The minimum atomic E-state index is -3.28. The standard InChI is InChI=1S/C18H32N6O2S.HI/c1-3-5-9-21-18(19-4-2)22-11-16-27(25,26)24-14-12-23(13-15-24)17-8-6-7-10-20-17;/h6-8,10H,3-5,9,11-16H2,1-2H3,(H2,19,21,22);1H. The lowest BCUT2D eigenvalue weighted by atomic mass is 10.3. The van der Waals surface area contributed by atoms with Crippen LogP contribution in [0, 0.1) is 0 Å². The summed E-state index contributed by atoms with van der Waals surface area (Å²) in [6.07, 6.45) is 3.87. The van der Waals surface area contributed by atoms with Gasteiger partial charge >= 0.3 is 0 Å². The molecule has 0 radical (unpaired) electrons. The first-order chi connectivity index (χ1) is 13.1. The molecule has 160 valence electrons. The van der Waals surface area contributed by atoms with E-state index in [1.165, 1.54) is 0 Å². The Morgan fingerprint density at radius 1 is 1.18 bits per heavy atom. The molecule has 0 atom stereocenters. The van der Waals surface area contributed by atoms with Crippen LogP contribution in [0.2, 0.25) is 0 Å². The molecule has 0 bridgehead atoms. The number of anilines is 1. The van der Waals surface area contributed by atoms with Crippen molar-refractivity contribution in [2.24, 2.45) is 4.99 Å². The maximum absolute atomic E-state index is 12.6. The van der Waals surface area contributed by atoms with Gasteiger partial charge in [-0.05, 0) is 25.5 Å². The molecule has 0 aliphatic carbocycles. The maximum Gasteiger partial charge on any atom is 0.215 e. The van der Waals surface area contributed by atoms with E-state index >= 15 is 0 Å². The second-order valence-electron chi connectivity index (χ2n) is 6.43. The van der Waals surface area contributed by atoms with Crippen molar-refractivity contribution in [1.82, 2.24) is 19.9 Å². The topological polar surface area (TPSA) is 89.9 Å². The van der Waals surface area contributed by atoms with Gasteiger partial charge in [-0.15, -0.1) is 24.0 Å². The number of nitrogens with zero attached hydrogens (tertiary/aromatic N) is 4. The normalized spacial score (nSPS) is 15.8. The summed E-state index contributed by atoms with van der Waals surface area (Å²) in [7, 11) is -3.28. The number of guanidine groups is 1. The molecule has 0 saturated carbocycles. The first-order valence-corrected chi connectivity index (χ1v) is 11.3. The highest BCUT2D eigenvalue weighted by Gasteiger charge is 2.27. The van der Waals surface area contributed by atoms with Gasteiger partial charge in [-0.2, -0.15) is 4.31 Å². The number of aromatic nitrogens is 1. The van der Waals surface area contributed by atoms with Crippen LogP contribution in [0.25, 0.3) is 0 Å². The Labute approximate surface area is 186 Å². The fourth-order valence-electron chi connectivity index (χ4n) is 2.85. The Hall–Kier alpha value is -1.14. The fourth-order valence-corrected chi connectivity index (χ4v) is 4.19. The minimum absolute atomic E-state index is 0. The van der Waals surface area contributed by atoms with E-state index in [1.807, 2.05) is 25.1 Å². The Bertz CT molecular complexity index is 679. The zero-order valence-corrected chi connectivity index (χ0v) is 19.9. The molecule has 1 aliphatic rings. The average molecular weight is 524 g/mol. The van der Waals surface area contributed by atoms with E-state index in [1.54, 1.807) is 10.5 Å². The third kappa shape index (κ3) is 8.08. The SMILES string of the molecule is CCCCN=C(NCC)NCCS(=O)(=O)N1CCN(c2ccccn2)CC1.I. The molecule has 1 saturated heterocycles. The minimum Gasteiger partial charge on any atom is -0.357 e. The summed E-state index contributed by atoms with van der Waals surface area (Å²) in [5, 5.41) is 6.27. The van der Waals surface area contributed by atoms with E-state index < -0.39 is 10.0 Å². The number of pyridine rings is 1. The van der Waals surface area contributed by atoms with Crippen molar-refractivity contribution >= 4 is 45.8 Å². The predicted molar refractivity (Wildman–Crippen MR) is 126 cm³/mol. The monoisotopic (exact) mass is 524 g/mol. The third-order valence-electron chi connectivity index (χ3n) is 4.38. The van der Waals surface area contributed by atoms with Crippen molar-refractivity contribution in [2.75, 3.05) is 56.5 Å². The summed E-state index contributed by atoms with van der Waals surface area (Å²) in [6.45, 7) is 8.25. The highest BCUT2D eigenvalue weighted by Crippen LogP contribution is 2.14. The third-order valence-corrected chi connectivity index (χ3v) is 6.26. The van der Waals surface area contributed by atoms with Gasteiger partial charge in [0.25, 0.3) is 0 Å². The summed E-state index contributed by atoms with van der Waals surface area (Å²) in [4.78, 5) is 10.9. The van der Waals surface area contributed by atoms with Crippen LogP contribution in [0.1, 0.15) is 26.7 Å². The van der Waals surface area contributed by atoms with Gasteiger partial charge < -0.3 is 15.5 Å². The van der Waals surface area contributed by atoms with Crippen molar-refractivity contribution in [1.29, 1.82) is 0 Å². The van der Waals surface area contributed by atoms with Crippen LogP contribution in [-0.4, -0.2) is 75.2 Å². The number of hydrogen-bond acceptors (Lipinski definition) is 5. The van der Waals surface area contributed by atoms with E-state index in [0.29, 0.717) is 38.7 Å². The lowest BCUT2D eigenvalue weighted by Gasteiger charge is -2.34. The van der Waals surface area contributed by atoms with Gasteiger partial charge in [-0.25, -0.2) is 13.4 Å². The number of nitrogens with one attached hydrogen (secondary N) is 2. The second kappa shape index (κ2) is 13.2. The Morgan fingerprint density at radius 3 is 2.54 bits per heavy atom. The van der Waals surface area contributed by atoms with E-state index in [0.717, 1.165) is 31.7 Å². The molecular formula is C18H33IN6O2S. The fraction of sp³-hybridized carbons (Fsp3) is 0.667. The van der Waals surface area contributed by atoms with Gasteiger partial charge in [-0.1, -0.05) is 19.4 Å². The van der Waals surface area contributed by atoms with E-state index in [9.17, 15) is 8.42 Å². The van der Waals surface area contributed by atoms with Crippen LogP contribution in [0.4, 0.5) is 5.82 Å². The number of hydrogen-bond donors (Lipinski definition) is 2. The zero-order valence-electron chi connectivity index (χ0n) is 16.8. The summed E-state index contributed by atoms with van der Waals surface area (Å²) in [6, 6.07) is 5.78. The van der Waals surface area contributed by atoms with Gasteiger partial charge in [-0.3, -0.25) is 4.99 Å². The Morgan fingerprint density at radius 2 is 1.93 bits per heavy atom. The Kier molecular flexibility index (Phi) is 11.7. The number of sulfonamides is 1. The molecule has 28 heavy (non-hydrogen) atoms. The quantitative estimate of drug-likeness (QED) is 0.220. The van der Waals surface area contributed by atoms with Crippen molar-refractivity contribution in [3.05, 3.63) is 24.4 Å². The van der Waals surface area contributed by atoms with Crippen molar-refractivity contribution in [3.63, 3.8) is 0 Å². The predicted octanol–water partition coefficient (Wildman–Crippen LogP) is 1.51. The molecule has 2 heterocycles.